The second kappa shape index (κ2) is 12.9. The zero-order valence-electron chi connectivity index (χ0n) is 23.2. The third-order valence-electron chi connectivity index (χ3n) is 6.79. The summed E-state index contributed by atoms with van der Waals surface area (Å²) in [6, 6.07) is 30.9. The SMILES string of the molecule is CC(CNc1ccc(-c2cccc(CN(C)C(=O)c3ccc4nccnc4c3)c2)cc1)COC(=O)c1ccccc1. The molecule has 7 heteroatoms. The first-order valence-corrected chi connectivity index (χ1v) is 13.6. The third kappa shape index (κ3) is 7.13. The number of amides is 1. The van der Waals surface area contributed by atoms with E-state index in [-0.39, 0.29) is 17.8 Å². The smallest absolute Gasteiger partial charge is 0.338 e. The van der Waals surface area contributed by atoms with Crippen molar-refractivity contribution in [3.63, 3.8) is 0 Å². The third-order valence-corrected chi connectivity index (χ3v) is 6.79. The predicted octanol–water partition coefficient (Wildman–Crippen LogP) is 6.47. The zero-order chi connectivity index (χ0) is 28.6. The molecule has 0 aliphatic heterocycles. The molecule has 0 aliphatic carbocycles. The van der Waals surface area contributed by atoms with Gasteiger partial charge in [-0.25, -0.2) is 4.79 Å². The molecule has 0 saturated carbocycles. The van der Waals surface area contributed by atoms with Crippen LogP contribution in [0, 0.1) is 5.92 Å². The summed E-state index contributed by atoms with van der Waals surface area (Å²) in [4.78, 5) is 35.5. The first kappa shape index (κ1) is 27.5. The maximum Gasteiger partial charge on any atom is 0.338 e. The summed E-state index contributed by atoms with van der Waals surface area (Å²) in [6.07, 6.45) is 3.27. The Hall–Kier alpha value is -5.04. The number of fused-ring (bicyclic) bond motifs is 1. The first-order valence-electron chi connectivity index (χ1n) is 13.6. The molecule has 7 nitrogen and oxygen atoms in total. The van der Waals surface area contributed by atoms with Crippen LogP contribution in [0.15, 0.2) is 109 Å². The number of carbonyl (C=O) groups is 2. The Morgan fingerprint density at radius 2 is 1.56 bits per heavy atom. The van der Waals surface area contributed by atoms with Gasteiger partial charge in [0, 0.05) is 49.7 Å². The average molecular weight is 545 g/mol. The summed E-state index contributed by atoms with van der Waals surface area (Å²) >= 11 is 0. The molecular formula is C34H32N4O3. The van der Waals surface area contributed by atoms with Crippen molar-refractivity contribution in [3.05, 3.63) is 126 Å². The van der Waals surface area contributed by atoms with Crippen LogP contribution in [0.3, 0.4) is 0 Å². The van der Waals surface area contributed by atoms with Gasteiger partial charge in [-0.3, -0.25) is 14.8 Å². The molecule has 0 aliphatic rings. The minimum atomic E-state index is -0.303. The van der Waals surface area contributed by atoms with Gasteiger partial charge >= 0.3 is 5.97 Å². The summed E-state index contributed by atoms with van der Waals surface area (Å²) < 4.78 is 5.44. The molecule has 1 amide bonds. The highest BCUT2D eigenvalue weighted by atomic mass is 16.5. The van der Waals surface area contributed by atoms with Crippen LogP contribution in [-0.4, -0.2) is 46.9 Å². The van der Waals surface area contributed by atoms with E-state index in [1.807, 2.05) is 55.5 Å². The maximum absolute atomic E-state index is 13.1. The molecule has 206 valence electrons. The van der Waals surface area contributed by atoms with Crippen molar-refractivity contribution in [3.8, 4) is 11.1 Å². The minimum Gasteiger partial charge on any atom is -0.462 e. The van der Waals surface area contributed by atoms with E-state index in [9.17, 15) is 9.59 Å². The van der Waals surface area contributed by atoms with Crippen LogP contribution in [0.1, 0.15) is 33.2 Å². The number of aromatic nitrogens is 2. The Morgan fingerprint density at radius 3 is 2.34 bits per heavy atom. The van der Waals surface area contributed by atoms with Gasteiger partial charge in [0.2, 0.25) is 0 Å². The van der Waals surface area contributed by atoms with Gasteiger partial charge in [0.15, 0.2) is 0 Å². The number of carbonyl (C=O) groups excluding carboxylic acids is 2. The molecule has 1 N–H and O–H groups in total. The summed E-state index contributed by atoms with van der Waals surface area (Å²) in [5.41, 5.74) is 6.82. The standard InChI is InChI=1S/C34H32N4O3/c1-24(23-41-34(40)27-8-4-3-5-9-27)21-37-30-14-11-26(12-15-30)28-10-6-7-25(19-28)22-38(2)33(39)29-13-16-31-32(20-29)36-18-17-35-31/h3-20,24,37H,21-23H2,1-2H3. The molecule has 4 aromatic carbocycles. The lowest BCUT2D eigenvalue weighted by molar-refractivity contribution is 0.0456. The van der Waals surface area contributed by atoms with Crippen molar-refractivity contribution in [1.29, 1.82) is 0 Å². The number of nitrogens with zero attached hydrogens (tertiary/aromatic N) is 3. The van der Waals surface area contributed by atoms with E-state index in [4.69, 9.17) is 4.74 Å². The van der Waals surface area contributed by atoms with Gasteiger partial charge in [-0.05, 0) is 65.2 Å². The van der Waals surface area contributed by atoms with Crippen LogP contribution in [0.25, 0.3) is 22.2 Å². The molecule has 1 unspecified atom stereocenters. The van der Waals surface area contributed by atoms with E-state index in [2.05, 4.69) is 39.6 Å². The lowest BCUT2D eigenvalue weighted by atomic mass is 10.0. The van der Waals surface area contributed by atoms with E-state index in [0.717, 1.165) is 27.9 Å². The number of anilines is 1. The zero-order valence-corrected chi connectivity index (χ0v) is 23.2. The lowest BCUT2D eigenvalue weighted by Gasteiger charge is -2.18. The number of rotatable bonds is 10. The number of ether oxygens (including phenoxy) is 1. The predicted molar refractivity (Wildman–Crippen MR) is 162 cm³/mol. The summed E-state index contributed by atoms with van der Waals surface area (Å²) in [5.74, 6) is -0.216. The number of benzene rings is 4. The molecule has 0 bridgehead atoms. The second-order valence-electron chi connectivity index (χ2n) is 10.1. The fraction of sp³-hybridized carbons (Fsp3) is 0.176. The highest BCUT2D eigenvalue weighted by Crippen LogP contribution is 2.24. The van der Waals surface area contributed by atoms with Gasteiger partial charge in [0.25, 0.3) is 5.91 Å². The average Bonchev–Trinajstić information content (AvgIpc) is 3.02. The van der Waals surface area contributed by atoms with Crippen molar-refractivity contribution >= 4 is 28.6 Å². The second-order valence-corrected chi connectivity index (χ2v) is 10.1. The molecule has 5 aromatic rings. The lowest BCUT2D eigenvalue weighted by Crippen LogP contribution is -2.26. The highest BCUT2D eigenvalue weighted by Gasteiger charge is 2.14. The Kier molecular flexibility index (Phi) is 8.64. The summed E-state index contributed by atoms with van der Waals surface area (Å²) in [5, 5.41) is 3.42. The number of esters is 1. The highest BCUT2D eigenvalue weighted by molar-refractivity contribution is 5.97. The van der Waals surface area contributed by atoms with Gasteiger partial charge < -0.3 is 15.0 Å². The number of hydrogen-bond donors (Lipinski definition) is 1. The van der Waals surface area contributed by atoms with Crippen molar-refractivity contribution in [2.75, 3.05) is 25.5 Å². The largest absolute Gasteiger partial charge is 0.462 e. The van der Waals surface area contributed by atoms with Crippen LogP contribution in [0.4, 0.5) is 5.69 Å². The Morgan fingerprint density at radius 1 is 0.805 bits per heavy atom. The van der Waals surface area contributed by atoms with E-state index < -0.39 is 0 Å². The van der Waals surface area contributed by atoms with Crippen LogP contribution in [0.5, 0.6) is 0 Å². The molecule has 0 spiro atoms. The topological polar surface area (TPSA) is 84.4 Å². The van der Waals surface area contributed by atoms with Gasteiger partial charge in [-0.15, -0.1) is 0 Å². The van der Waals surface area contributed by atoms with Gasteiger partial charge in [-0.2, -0.15) is 0 Å². The molecule has 1 atom stereocenters. The van der Waals surface area contributed by atoms with Crippen LogP contribution in [0.2, 0.25) is 0 Å². The maximum atomic E-state index is 13.1. The fourth-order valence-electron chi connectivity index (χ4n) is 4.52. The Balaban J connectivity index is 1.14. The van der Waals surface area contributed by atoms with Gasteiger partial charge in [-0.1, -0.05) is 55.5 Å². The Labute approximate surface area is 239 Å². The number of nitrogens with one attached hydrogen (secondary N) is 1. The van der Waals surface area contributed by atoms with Crippen molar-refractivity contribution in [2.24, 2.45) is 5.92 Å². The van der Waals surface area contributed by atoms with Crippen LogP contribution in [-0.2, 0) is 11.3 Å². The molecule has 0 saturated heterocycles. The van der Waals surface area contributed by atoms with Crippen molar-refractivity contribution in [1.82, 2.24) is 14.9 Å². The van der Waals surface area contributed by atoms with E-state index in [1.54, 1.807) is 48.6 Å². The van der Waals surface area contributed by atoms with Crippen molar-refractivity contribution in [2.45, 2.75) is 13.5 Å². The number of hydrogen-bond acceptors (Lipinski definition) is 6. The molecule has 41 heavy (non-hydrogen) atoms. The van der Waals surface area contributed by atoms with E-state index in [0.29, 0.717) is 36.3 Å². The fourth-order valence-corrected chi connectivity index (χ4v) is 4.52. The van der Waals surface area contributed by atoms with Gasteiger partial charge in [0.1, 0.15) is 0 Å². The normalized spacial score (nSPS) is 11.6. The summed E-state index contributed by atoms with van der Waals surface area (Å²) in [7, 11) is 1.81. The van der Waals surface area contributed by atoms with Gasteiger partial charge in [0.05, 0.1) is 23.2 Å². The molecule has 5 rings (SSSR count). The van der Waals surface area contributed by atoms with Crippen molar-refractivity contribution < 1.29 is 14.3 Å². The molecule has 0 radical (unpaired) electrons. The quantitative estimate of drug-likeness (QED) is 0.203. The summed E-state index contributed by atoms with van der Waals surface area (Å²) in [6.45, 7) is 3.55. The van der Waals surface area contributed by atoms with E-state index in [1.165, 1.54) is 0 Å². The first-order chi connectivity index (χ1) is 20.0. The van der Waals surface area contributed by atoms with E-state index >= 15 is 0 Å². The molecule has 0 fully saturated rings. The molecule has 1 aromatic heterocycles. The minimum absolute atomic E-state index is 0.0672. The Bertz CT molecular complexity index is 1640. The monoisotopic (exact) mass is 544 g/mol. The molecule has 1 heterocycles. The van der Waals surface area contributed by atoms with Crippen LogP contribution < -0.4 is 5.32 Å². The van der Waals surface area contributed by atoms with Crippen LogP contribution >= 0.6 is 0 Å². The molecular weight excluding hydrogens is 512 g/mol.